The molecule has 0 unspecified atom stereocenters. The van der Waals surface area contributed by atoms with Gasteiger partial charge in [-0.2, -0.15) is 0 Å². The fourth-order valence-electron chi connectivity index (χ4n) is 2.04. The summed E-state index contributed by atoms with van der Waals surface area (Å²) in [6.45, 7) is 5.59. The van der Waals surface area contributed by atoms with E-state index in [0.717, 1.165) is 5.69 Å². The Morgan fingerprint density at radius 3 is 2.12 bits per heavy atom. The highest BCUT2D eigenvalue weighted by Gasteiger charge is 2.21. The molecule has 0 saturated heterocycles. The molecule has 0 aliphatic heterocycles. The smallest absolute Gasteiger partial charge is 0.243 e. The molecule has 0 radical (unpaired) electrons. The molecular weight excluding hydrogens is 373 g/mol. The van der Waals surface area contributed by atoms with Crippen molar-refractivity contribution in [2.75, 3.05) is 22.5 Å². The maximum Gasteiger partial charge on any atom is 0.243 e. The Balaban J connectivity index is 1.93. The molecule has 0 aliphatic rings. The van der Waals surface area contributed by atoms with Crippen LogP contribution in [0.2, 0.25) is 10.0 Å². The predicted octanol–water partition coefficient (Wildman–Crippen LogP) is 5.03. The van der Waals surface area contributed by atoms with E-state index in [0.29, 0.717) is 21.4 Å². The number of halogens is 2. The molecule has 5 nitrogen and oxygen atoms in total. The number of benzene rings is 2. The molecule has 138 valence electrons. The number of carbonyl (C=O) groups is 2. The fraction of sp³-hybridized carbons (Fsp3) is 0.263. The van der Waals surface area contributed by atoms with Crippen LogP contribution >= 0.6 is 23.2 Å². The van der Waals surface area contributed by atoms with Crippen LogP contribution in [-0.4, -0.2) is 18.4 Å². The summed E-state index contributed by atoms with van der Waals surface area (Å²) in [5, 5.41) is 9.49. The normalized spacial score (nSPS) is 11.0. The van der Waals surface area contributed by atoms with Crippen LogP contribution in [0.5, 0.6) is 0 Å². The maximum atomic E-state index is 12.1. The average molecular weight is 394 g/mol. The Morgan fingerprint density at radius 1 is 0.885 bits per heavy atom. The first kappa shape index (κ1) is 20.1. The third-order valence-corrected chi connectivity index (χ3v) is 3.84. The fourth-order valence-corrected chi connectivity index (χ4v) is 2.57. The summed E-state index contributed by atoms with van der Waals surface area (Å²) in [5.41, 5.74) is 1.43. The summed E-state index contributed by atoms with van der Waals surface area (Å²) >= 11 is 11.8. The van der Waals surface area contributed by atoms with E-state index >= 15 is 0 Å². The lowest BCUT2D eigenvalue weighted by Crippen LogP contribution is -2.27. The number of nitrogens with one attached hydrogen (secondary N) is 3. The van der Waals surface area contributed by atoms with Crippen LogP contribution in [0.4, 0.5) is 17.1 Å². The van der Waals surface area contributed by atoms with Gasteiger partial charge in [0.25, 0.3) is 0 Å². The van der Waals surface area contributed by atoms with E-state index in [1.807, 2.05) is 26.8 Å². The van der Waals surface area contributed by atoms with Crippen molar-refractivity contribution < 1.29 is 9.59 Å². The molecule has 0 aromatic heterocycles. The molecule has 0 aliphatic carbocycles. The van der Waals surface area contributed by atoms with E-state index in [9.17, 15) is 9.59 Å². The first-order chi connectivity index (χ1) is 12.1. The predicted molar refractivity (Wildman–Crippen MR) is 108 cm³/mol. The van der Waals surface area contributed by atoms with Gasteiger partial charge in [-0.15, -0.1) is 0 Å². The summed E-state index contributed by atoms with van der Waals surface area (Å²) in [7, 11) is 0. The molecule has 0 spiro atoms. The van der Waals surface area contributed by atoms with Crippen LogP contribution in [0.1, 0.15) is 20.8 Å². The zero-order valence-electron chi connectivity index (χ0n) is 14.8. The van der Waals surface area contributed by atoms with Crippen molar-refractivity contribution in [2.24, 2.45) is 5.41 Å². The second kappa shape index (κ2) is 8.43. The third-order valence-electron chi connectivity index (χ3n) is 3.40. The molecule has 26 heavy (non-hydrogen) atoms. The van der Waals surface area contributed by atoms with Gasteiger partial charge >= 0.3 is 0 Å². The molecule has 0 atom stereocenters. The van der Waals surface area contributed by atoms with Crippen molar-refractivity contribution >= 4 is 52.1 Å². The van der Waals surface area contributed by atoms with Crippen LogP contribution in [0.15, 0.2) is 42.5 Å². The molecule has 2 rings (SSSR count). The van der Waals surface area contributed by atoms with Gasteiger partial charge in [0.15, 0.2) is 0 Å². The topological polar surface area (TPSA) is 70.2 Å². The molecule has 2 amide bonds. The Hall–Kier alpha value is -2.24. The van der Waals surface area contributed by atoms with Crippen molar-refractivity contribution in [3.05, 3.63) is 52.5 Å². The lowest BCUT2D eigenvalue weighted by Gasteiger charge is -2.18. The Kier molecular flexibility index (Phi) is 6.51. The van der Waals surface area contributed by atoms with Gasteiger partial charge in [-0.05, 0) is 36.4 Å². The quantitative estimate of drug-likeness (QED) is 0.666. The van der Waals surface area contributed by atoms with Crippen molar-refractivity contribution in [1.82, 2.24) is 0 Å². The van der Waals surface area contributed by atoms with Gasteiger partial charge in [0, 0.05) is 32.5 Å². The molecule has 0 saturated carbocycles. The maximum absolute atomic E-state index is 12.1. The Labute approximate surface area is 163 Å². The highest BCUT2D eigenvalue weighted by Crippen LogP contribution is 2.23. The zero-order valence-corrected chi connectivity index (χ0v) is 16.3. The van der Waals surface area contributed by atoms with Crippen LogP contribution in [0.25, 0.3) is 0 Å². The lowest BCUT2D eigenvalue weighted by molar-refractivity contribution is -0.123. The number of hydrogen-bond acceptors (Lipinski definition) is 3. The second-order valence-electron chi connectivity index (χ2n) is 6.84. The minimum absolute atomic E-state index is 0.0564. The summed E-state index contributed by atoms with van der Waals surface area (Å²) in [6.07, 6.45) is 0. The van der Waals surface area contributed by atoms with Gasteiger partial charge < -0.3 is 16.0 Å². The van der Waals surface area contributed by atoms with Crippen LogP contribution in [0.3, 0.4) is 0 Å². The van der Waals surface area contributed by atoms with Gasteiger partial charge in [0.05, 0.1) is 6.54 Å². The first-order valence-corrected chi connectivity index (χ1v) is 8.80. The molecule has 2 aromatic rings. The summed E-state index contributed by atoms with van der Waals surface area (Å²) in [6, 6.07) is 12.0. The largest absolute Gasteiger partial charge is 0.376 e. The van der Waals surface area contributed by atoms with Crippen molar-refractivity contribution in [2.45, 2.75) is 20.8 Å². The van der Waals surface area contributed by atoms with E-state index in [1.165, 1.54) is 0 Å². The SMILES string of the molecule is CC(C)(C)C(=O)Nc1cccc(NCC(=O)Nc2cc(Cl)cc(Cl)c2)c1. The lowest BCUT2D eigenvalue weighted by atomic mass is 9.95. The first-order valence-electron chi connectivity index (χ1n) is 8.05. The molecule has 7 heteroatoms. The monoisotopic (exact) mass is 393 g/mol. The highest BCUT2D eigenvalue weighted by atomic mass is 35.5. The Morgan fingerprint density at radius 2 is 1.50 bits per heavy atom. The number of anilines is 3. The number of rotatable bonds is 5. The van der Waals surface area contributed by atoms with Crippen LogP contribution in [0, 0.1) is 5.41 Å². The highest BCUT2D eigenvalue weighted by molar-refractivity contribution is 6.35. The standard InChI is InChI=1S/C19H21Cl2N3O2/c1-19(2,3)18(26)24-15-6-4-5-14(10-15)22-11-17(25)23-16-8-12(20)7-13(21)9-16/h4-10,22H,11H2,1-3H3,(H,23,25)(H,24,26). The van der Waals surface area contributed by atoms with E-state index in [4.69, 9.17) is 23.2 Å². The average Bonchev–Trinajstić information content (AvgIpc) is 2.51. The van der Waals surface area contributed by atoms with Crippen molar-refractivity contribution in [3.63, 3.8) is 0 Å². The van der Waals surface area contributed by atoms with Crippen molar-refractivity contribution in [3.8, 4) is 0 Å². The second-order valence-corrected chi connectivity index (χ2v) is 7.72. The van der Waals surface area contributed by atoms with E-state index in [2.05, 4.69) is 16.0 Å². The van der Waals surface area contributed by atoms with Crippen LogP contribution in [-0.2, 0) is 9.59 Å². The van der Waals surface area contributed by atoms with E-state index < -0.39 is 5.41 Å². The molecular formula is C19H21Cl2N3O2. The molecule has 3 N–H and O–H groups in total. The summed E-state index contributed by atoms with van der Waals surface area (Å²) in [5.74, 6) is -0.322. The molecule has 0 fully saturated rings. The number of hydrogen-bond donors (Lipinski definition) is 3. The Bertz CT molecular complexity index is 796. The van der Waals surface area contributed by atoms with Gasteiger partial charge in [0.2, 0.25) is 11.8 Å². The minimum atomic E-state index is -0.485. The zero-order chi connectivity index (χ0) is 19.3. The molecule has 0 bridgehead atoms. The summed E-state index contributed by atoms with van der Waals surface area (Å²) < 4.78 is 0. The van der Waals surface area contributed by atoms with Gasteiger partial charge in [-0.25, -0.2) is 0 Å². The number of amides is 2. The number of carbonyl (C=O) groups excluding carboxylic acids is 2. The molecule has 2 aromatic carbocycles. The third kappa shape index (κ3) is 6.24. The van der Waals surface area contributed by atoms with Gasteiger partial charge in [-0.1, -0.05) is 50.0 Å². The van der Waals surface area contributed by atoms with E-state index in [1.54, 1.807) is 36.4 Å². The van der Waals surface area contributed by atoms with Crippen LogP contribution < -0.4 is 16.0 Å². The minimum Gasteiger partial charge on any atom is -0.376 e. The van der Waals surface area contributed by atoms with Gasteiger partial charge in [0.1, 0.15) is 0 Å². The van der Waals surface area contributed by atoms with E-state index in [-0.39, 0.29) is 18.4 Å². The van der Waals surface area contributed by atoms with Crippen molar-refractivity contribution in [1.29, 1.82) is 0 Å². The summed E-state index contributed by atoms with van der Waals surface area (Å²) in [4.78, 5) is 24.1. The molecule has 0 heterocycles. The van der Waals surface area contributed by atoms with Gasteiger partial charge in [-0.3, -0.25) is 9.59 Å².